The van der Waals surface area contributed by atoms with Gasteiger partial charge in [0, 0.05) is 18.1 Å². The molecule has 1 saturated heterocycles. The van der Waals surface area contributed by atoms with E-state index in [2.05, 4.69) is 0 Å². The van der Waals surface area contributed by atoms with Gasteiger partial charge in [0.05, 0.1) is 11.5 Å². The minimum Gasteiger partial charge on any atom is -0.550 e. The summed E-state index contributed by atoms with van der Waals surface area (Å²) in [6, 6.07) is 7.55. The molecule has 0 spiro atoms. The lowest BCUT2D eigenvalue weighted by atomic mass is 10.1. The Kier molecular flexibility index (Phi) is 7.46. The van der Waals surface area contributed by atoms with Gasteiger partial charge >= 0.3 is 0 Å². The highest BCUT2D eigenvalue weighted by Gasteiger charge is 2.31. The van der Waals surface area contributed by atoms with Gasteiger partial charge in [0.25, 0.3) is 5.91 Å². The Morgan fingerprint density at radius 1 is 1.32 bits per heavy atom. The van der Waals surface area contributed by atoms with Crippen LogP contribution in [0.4, 0.5) is 0 Å². The van der Waals surface area contributed by atoms with Crippen molar-refractivity contribution < 1.29 is 19.4 Å². The van der Waals surface area contributed by atoms with Crippen molar-refractivity contribution in [3.8, 4) is 5.75 Å². The van der Waals surface area contributed by atoms with Crippen LogP contribution < -0.4 is 9.84 Å². The molecular weight excluding hydrogens is 358 g/mol. The summed E-state index contributed by atoms with van der Waals surface area (Å²) in [6.45, 7) is 2.97. The first-order valence-electron chi connectivity index (χ1n) is 8.20. The van der Waals surface area contributed by atoms with E-state index >= 15 is 0 Å². The number of carbonyl (C=O) groups is 2. The van der Waals surface area contributed by atoms with E-state index in [0.29, 0.717) is 35.2 Å². The SMILES string of the molecule is CCOc1ccccc1C=C1SC(=S)N(CCCCCC(=O)[O-])C1=O. The molecule has 1 heterocycles. The van der Waals surface area contributed by atoms with E-state index in [0.717, 1.165) is 17.7 Å². The molecule has 1 fully saturated rings. The molecule has 0 saturated carbocycles. The topological polar surface area (TPSA) is 69.7 Å². The molecule has 0 radical (unpaired) electrons. The van der Waals surface area contributed by atoms with Crippen LogP contribution in [-0.2, 0) is 9.59 Å². The summed E-state index contributed by atoms with van der Waals surface area (Å²) in [7, 11) is 0. The van der Waals surface area contributed by atoms with Gasteiger partial charge < -0.3 is 14.6 Å². The number of amides is 1. The van der Waals surface area contributed by atoms with Crippen molar-refractivity contribution in [3.05, 3.63) is 34.7 Å². The highest BCUT2D eigenvalue weighted by Crippen LogP contribution is 2.34. The van der Waals surface area contributed by atoms with E-state index in [-0.39, 0.29) is 12.3 Å². The molecule has 0 bridgehead atoms. The second-order valence-corrected chi connectivity index (χ2v) is 7.16. The number of para-hydroxylation sites is 1. The summed E-state index contributed by atoms with van der Waals surface area (Å²) in [5.74, 6) is -0.416. The first kappa shape index (κ1) is 19.5. The third kappa shape index (κ3) is 5.57. The zero-order valence-corrected chi connectivity index (χ0v) is 15.7. The van der Waals surface area contributed by atoms with E-state index in [1.807, 2.05) is 31.2 Å². The van der Waals surface area contributed by atoms with Crippen molar-refractivity contribution in [1.82, 2.24) is 4.90 Å². The molecule has 25 heavy (non-hydrogen) atoms. The molecular formula is C18H20NO4S2-. The fourth-order valence-electron chi connectivity index (χ4n) is 2.44. The number of aliphatic carboxylic acids is 1. The van der Waals surface area contributed by atoms with Gasteiger partial charge in [-0.2, -0.15) is 0 Å². The van der Waals surface area contributed by atoms with Crippen molar-refractivity contribution in [3.63, 3.8) is 0 Å². The van der Waals surface area contributed by atoms with Crippen molar-refractivity contribution in [2.24, 2.45) is 0 Å². The van der Waals surface area contributed by atoms with E-state index in [9.17, 15) is 14.7 Å². The molecule has 7 heteroatoms. The van der Waals surface area contributed by atoms with E-state index < -0.39 is 5.97 Å². The first-order valence-corrected chi connectivity index (χ1v) is 9.42. The van der Waals surface area contributed by atoms with Crippen LogP contribution >= 0.6 is 24.0 Å². The van der Waals surface area contributed by atoms with Crippen LogP contribution in [0.2, 0.25) is 0 Å². The maximum Gasteiger partial charge on any atom is 0.266 e. The lowest BCUT2D eigenvalue weighted by molar-refractivity contribution is -0.305. The van der Waals surface area contributed by atoms with Gasteiger partial charge in [-0.15, -0.1) is 0 Å². The van der Waals surface area contributed by atoms with Crippen LogP contribution in [0.3, 0.4) is 0 Å². The predicted molar refractivity (Wildman–Crippen MR) is 101 cm³/mol. The van der Waals surface area contributed by atoms with Gasteiger partial charge in [0.2, 0.25) is 0 Å². The van der Waals surface area contributed by atoms with Crippen LogP contribution in [0.15, 0.2) is 29.2 Å². The maximum absolute atomic E-state index is 12.6. The number of hydrogen-bond donors (Lipinski definition) is 0. The molecule has 2 rings (SSSR count). The highest BCUT2D eigenvalue weighted by atomic mass is 32.2. The molecule has 1 aliphatic heterocycles. The summed E-state index contributed by atoms with van der Waals surface area (Å²) < 4.78 is 6.12. The van der Waals surface area contributed by atoms with Crippen molar-refractivity contribution in [2.45, 2.75) is 32.6 Å². The third-order valence-electron chi connectivity index (χ3n) is 3.64. The molecule has 0 N–H and O–H groups in total. The maximum atomic E-state index is 12.6. The summed E-state index contributed by atoms with van der Waals surface area (Å²) in [5.41, 5.74) is 0.846. The van der Waals surface area contributed by atoms with Crippen molar-refractivity contribution >= 4 is 46.3 Å². The summed E-state index contributed by atoms with van der Waals surface area (Å²) in [5, 5.41) is 10.4. The number of rotatable bonds is 9. The van der Waals surface area contributed by atoms with E-state index in [1.165, 1.54) is 11.8 Å². The number of hydrogen-bond acceptors (Lipinski definition) is 6. The van der Waals surface area contributed by atoms with Crippen molar-refractivity contribution in [2.75, 3.05) is 13.2 Å². The second kappa shape index (κ2) is 9.58. The first-order chi connectivity index (χ1) is 12.0. The van der Waals surface area contributed by atoms with Gasteiger partial charge in [-0.1, -0.05) is 48.6 Å². The van der Waals surface area contributed by atoms with Crippen LogP contribution in [0.1, 0.15) is 38.2 Å². The summed E-state index contributed by atoms with van der Waals surface area (Å²) in [6.07, 6.45) is 3.83. The molecule has 0 aliphatic carbocycles. The average Bonchev–Trinajstić information content (AvgIpc) is 2.83. The molecule has 0 atom stereocenters. The molecule has 134 valence electrons. The van der Waals surface area contributed by atoms with E-state index in [1.54, 1.807) is 11.0 Å². The van der Waals surface area contributed by atoms with Gasteiger partial charge in [-0.25, -0.2) is 0 Å². The molecule has 1 aliphatic rings. The second-order valence-electron chi connectivity index (χ2n) is 5.49. The number of carboxylic acid groups (broad SMARTS) is 1. The average molecular weight is 378 g/mol. The Morgan fingerprint density at radius 2 is 2.08 bits per heavy atom. The van der Waals surface area contributed by atoms with Crippen molar-refractivity contribution in [1.29, 1.82) is 0 Å². The third-order valence-corrected chi connectivity index (χ3v) is 5.02. The van der Waals surface area contributed by atoms with E-state index in [4.69, 9.17) is 17.0 Å². The number of thioether (sulfide) groups is 1. The Morgan fingerprint density at radius 3 is 2.80 bits per heavy atom. The smallest absolute Gasteiger partial charge is 0.266 e. The normalized spacial score (nSPS) is 15.9. The largest absolute Gasteiger partial charge is 0.550 e. The standard InChI is InChI=1S/C18H21NO4S2/c1-2-23-14-9-6-5-8-13(14)12-15-17(22)19(18(24)25-15)11-7-3-4-10-16(20)21/h5-6,8-9,12H,2-4,7,10-11H2,1H3,(H,20,21)/p-1. The molecule has 5 nitrogen and oxygen atoms in total. The van der Waals surface area contributed by atoms with Crippen LogP contribution in [0, 0.1) is 0 Å². The Labute approximate surface area is 157 Å². The van der Waals surface area contributed by atoms with Crippen LogP contribution in [0.25, 0.3) is 6.08 Å². The predicted octanol–water partition coefficient (Wildman–Crippen LogP) is 2.60. The van der Waals surface area contributed by atoms with Crippen LogP contribution in [-0.4, -0.2) is 34.2 Å². The molecule has 1 aromatic rings. The fourth-order valence-corrected chi connectivity index (χ4v) is 3.74. The monoisotopic (exact) mass is 378 g/mol. The Bertz CT molecular complexity index is 687. The molecule has 1 amide bonds. The zero-order chi connectivity index (χ0) is 18.2. The van der Waals surface area contributed by atoms with Gasteiger partial charge in [0.15, 0.2) is 0 Å². The minimum atomic E-state index is -1.04. The van der Waals surface area contributed by atoms with Gasteiger partial charge in [0.1, 0.15) is 10.1 Å². The van der Waals surface area contributed by atoms with Gasteiger partial charge in [-0.3, -0.25) is 9.69 Å². The minimum absolute atomic E-state index is 0.0481. The number of nitrogens with zero attached hydrogens (tertiary/aromatic N) is 1. The van der Waals surface area contributed by atoms with Crippen LogP contribution in [0.5, 0.6) is 5.75 Å². The summed E-state index contributed by atoms with van der Waals surface area (Å²) in [4.78, 5) is 25.1. The fraction of sp³-hybridized carbons (Fsp3) is 0.389. The number of unbranched alkanes of at least 4 members (excludes halogenated alkanes) is 2. The Hall–Kier alpha value is -1.86. The Balaban J connectivity index is 1.99. The number of carboxylic acids is 1. The quantitative estimate of drug-likeness (QED) is 0.374. The highest BCUT2D eigenvalue weighted by molar-refractivity contribution is 8.26. The lowest BCUT2D eigenvalue weighted by Crippen LogP contribution is -2.29. The molecule has 0 aromatic heterocycles. The molecule has 1 aromatic carbocycles. The molecule has 0 unspecified atom stereocenters. The summed E-state index contributed by atoms with van der Waals surface area (Å²) >= 11 is 6.59. The van der Waals surface area contributed by atoms with Gasteiger partial charge in [-0.05, 0) is 38.3 Å². The lowest BCUT2D eigenvalue weighted by Gasteiger charge is -2.14. The number of benzene rings is 1. The number of thiocarbonyl (C=S) groups is 1. The number of ether oxygens (including phenoxy) is 1. The zero-order valence-electron chi connectivity index (χ0n) is 14.0. The number of carbonyl (C=O) groups excluding carboxylic acids is 2.